The molecule has 1 atom stereocenters. The molecule has 64 heavy (non-hydrogen) atoms. The summed E-state index contributed by atoms with van der Waals surface area (Å²) in [5.74, 6) is -2.19. The number of anilines is 2. The van der Waals surface area contributed by atoms with Crippen LogP contribution in [0, 0.1) is 28.0 Å². The summed E-state index contributed by atoms with van der Waals surface area (Å²) in [5.41, 5.74) is 2.27. The highest BCUT2D eigenvalue weighted by atomic mass is 19.1. The molecule has 0 unspecified atom stereocenters. The summed E-state index contributed by atoms with van der Waals surface area (Å²) >= 11 is 0. The lowest BCUT2D eigenvalue weighted by atomic mass is 9.49. The fourth-order valence-corrected chi connectivity index (χ4v) is 10.8. The molecule has 15 nitrogen and oxygen atoms in total. The first-order chi connectivity index (χ1) is 30.6. The van der Waals surface area contributed by atoms with Crippen LogP contribution in [0.25, 0.3) is 10.9 Å². The average molecular weight is 870 g/mol. The third kappa shape index (κ3) is 7.60. The number of hydrogen-bond donors (Lipinski definition) is 2. The molecule has 0 spiro atoms. The summed E-state index contributed by atoms with van der Waals surface area (Å²) < 4.78 is 22.4. The zero-order valence-electron chi connectivity index (χ0n) is 36.5. The van der Waals surface area contributed by atoms with E-state index in [9.17, 15) is 29.2 Å². The number of imide groups is 2. The van der Waals surface area contributed by atoms with E-state index in [0.717, 1.165) is 68.3 Å². The second kappa shape index (κ2) is 16.6. The number of rotatable bonds is 10. The molecule has 9 rings (SSSR count). The normalized spacial score (nSPS) is 23.4. The number of nitrogens with one attached hydrogen (secondary N) is 2. The zero-order chi connectivity index (χ0) is 45.1. The van der Waals surface area contributed by atoms with Crippen LogP contribution in [0.3, 0.4) is 0 Å². The van der Waals surface area contributed by atoms with Gasteiger partial charge in [-0.1, -0.05) is 27.7 Å². The van der Waals surface area contributed by atoms with Gasteiger partial charge in [0.2, 0.25) is 11.8 Å². The molecular weight excluding hydrogens is 818 g/mol. The Morgan fingerprint density at radius 2 is 1.53 bits per heavy atom. The van der Waals surface area contributed by atoms with Crippen LogP contribution >= 0.6 is 0 Å². The molecule has 3 saturated heterocycles. The van der Waals surface area contributed by atoms with Gasteiger partial charge in [-0.05, 0) is 67.1 Å². The number of piperidine rings is 1. The van der Waals surface area contributed by atoms with E-state index in [0.29, 0.717) is 35.6 Å². The van der Waals surface area contributed by atoms with Gasteiger partial charge in [0.05, 0.1) is 27.9 Å². The summed E-state index contributed by atoms with van der Waals surface area (Å²) in [4.78, 5) is 78.6. The number of halogens is 1. The monoisotopic (exact) mass is 869 g/mol. The molecule has 4 fully saturated rings. The van der Waals surface area contributed by atoms with Gasteiger partial charge in [0.25, 0.3) is 17.7 Å². The first-order valence-electron chi connectivity index (χ1n) is 22.0. The first-order valence-corrected chi connectivity index (χ1v) is 22.0. The molecule has 0 bridgehead atoms. The Morgan fingerprint density at radius 3 is 2.19 bits per heavy atom. The van der Waals surface area contributed by atoms with Crippen molar-refractivity contribution in [3.05, 3.63) is 94.9 Å². The van der Waals surface area contributed by atoms with Gasteiger partial charge >= 0.3 is 0 Å². The van der Waals surface area contributed by atoms with Crippen LogP contribution in [0.5, 0.6) is 5.75 Å². The molecule has 5 heterocycles. The molecule has 4 aliphatic heterocycles. The minimum atomic E-state index is -0.993. The molecule has 0 radical (unpaired) electrons. The molecule has 2 N–H and O–H groups in total. The summed E-state index contributed by atoms with van der Waals surface area (Å²) in [5, 5.41) is 15.7. The lowest BCUT2D eigenvalue weighted by Crippen LogP contribution is -2.74. The molecule has 5 aliphatic rings. The van der Waals surface area contributed by atoms with Gasteiger partial charge < -0.3 is 19.9 Å². The highest BCUT2D eigenvalue weighted by Crippen LogP contribution is 2.56. The van der Waals surface area contributed by atoms with E-state index in [1.165, 1.54) is 6.07 Å². The maximum atomic E-state index is 15.7. The van der Waals surface area contributed by atoms with Crippen LogP contribution in [-0.2, 0) is 9.59 Å². The van der Waals surface area contributed by atoms with Crippen molar-refractivity contribution in [3.8, 4) is 11.8 Å². The Labute approximate surface area is 371 Å². The number of benzene rings is 3. The fraction of sp³-hybridized carbons (Fsp3) is 0.438. The molecule has 332 valence electrons. The van der Waals surface area contributed by atoms with Crippen molar-refractivity contribution in [2.45, 2.75) is 58.7 Å². The van der Waals surface area contributed by atoms with E-state index in [4.69, 9.17) is 4.74 Å². The number of fused-ring (bicyclic) bond motifs is 2. The quantitative estimate of drug-likeness (QED) is 0.218. The molecule has 1 aliphatic carbocycles. The number of hydrogen-bond acceptors (Lipinski definition) is 12. The maximum Gasteiger partial charge on any atom is 0.262 e. The average Bonchev–Trinajstić information content (AvgIpc) is 3.54. The molecule has 3 aromatic carbocycles. The van der Waals surface area contributed by atoms with Gasteiger partial charge in [-0.3, -0.25) is 49.0 Å². The number of nitrogens with zero attached hydrogens (tertiary/aromatic N) is 7. The number of carbonyl (C=O) groups excluding carboxylic acids is 5. The van der Waals surface area contributed by atoms with Crippen LogP contribution in [0.1, 0.15) is 77.2 Å². The van der Waals surface area contributed by atoms with E-state index in [2.05, 4.69) is 64.1 Å². The molecule has 16 heteroatoms. The number of ether oxygens (including phenoxy) is 1. The third-order valence-electron chi connectivity index (χ3n) is 14.0. The Bertz CT molecular complexity index is 2600. The van der Waals surface area contributed by atoms with Gasteiger partial charge in [0.1, 0.15) is 29.8 Å². The maximum absolute atomic E-state index is 15.7. The number of pyridine rings is 1. The Kier molecular flexibility index (Phi) is 11.1. The van der Waals surface area contributed by atoms with Crippen LogP contribution < -0.4 is 25.2 Å². The van der Waals surface area contributed by atoms with Crippen molar-refractivity contribution in [2.75, 3.05) is 75.2 Å². The Hall–Kier alpha value is -6.44. The van der Waals surface area contributed by atoms with Gasteiger partial charge in [-0.15, -0.1) is 0 Å². The minimum Gasteiger partial charge on any atom is -0.488 e. The third-order valence-corrected chi connectivity index (χ3v) is 14.0. The second-order valence-electron chi connectivity index (χ2n) is 18.7. The minimum absolute atomic E-state index is 0.0759. The second-order valence-corrected chi connectivity index (χ2v) is 18.7. The smallest absolute Gasteiger partial charge is 0.262 e. The topological polar surface area (TPSA) is 172 Å². The van der Waals surface area contributed by atoms with E-state index < -0.39 is 46.3 Å². The van der Waals surface area contributed by atoms with Crippen LogP contribution in [0.15, 0.2) is 66.9 Å². The van der Waals surface area contributed by atoms with Crippen molar-refractivity contribution in [3.63, 3.8) is 0 Å². The van der Waals surface area contributed by atoms with Crippen LogP contribution in [-0.4, -0.2) is 133 Å². The van der Waals surface area contributed by atoms with Crippen molar-refractivity contribution >= 4 is 51.8 Å². The highest BCUT2D eigenvalue weighted by molar-refractivity contribution is 6.23. The predicted molar refractivity (Wildman–Crippen MR) is 237 cm³/mol. The van der Waals surface area contributed by atoms with Crippen molar-refractivity contribution in [1.29, 1.82) is 5.26 Å². The number of carbonyl (C=O) groups is 5. The van der Waals surface area contributed by atoms with Crippen molar-refractivity contribution in [1.82, 2.24) is 30.3 Å². The molecule has 5 amide bonds. The summed E-state index contributed by atoms with van der Waals surface area (Å²) in [6.45, 7) is 16.0. The SMILES string of the molecule is CC1(C)C(NC(=O)c2ccc(N3CCN(CCN4CCN(c5ccc6c(c5)C(=O)N([C@H]5CCC(=O)NC5=O)C6=O)CC4)CC3)c(F)c2)C(C)(C)C1Oc1ccc(C#N)c2ncccc12. The number of aromatic nitrogens is 1. The van der Waals surface area contributed by atoms with E-state index in [1.807, 2.05) is 23.1 Å². The number of amides is 5. The summed E-state index contributed by atoms with van der Waals surface area (Å²) in [6.07, 6.45) is 1.58. The van der Waals surface area contributed by atoms with Gasteiger partial charge in [-0.2, -0.15) is 5.26 Å². The van der Waals surface area contributed by atoms with Gasteiger partial charge in [0, 0.05) is 112 Å². The Morgan fingerprint density at radius 1 is 0.859 bits per heavy atom. The number of piperazine rings is 2. The molecule has 4 aromatic rings. The standard InChI is InChI=1S/C48H52FN9O6/c1-47(2)45(48(3,4)46(47)64-38-13-8-30(28-50)40-33(38)6-5-15-51-40)53-41(60)29-7-11-36(35(49)26-29)57-24-20-55(21-25-57)17-16-54-18-22-56(23-19-54)31-9-10-32-34(27-31)44(63)58(43(32)62)37-12-14-39(59)52-42(37)61/h5-11,13,15,26-27,37,45-46H,12,14,16-25H2,1-4H3,(H,53,60)(H,52,59,61)/t37-,45?,46?/m0/s1. The lowest BCUT2D eigenvalue weighted by molar-refractivity contribution is -0.163. The summed E-state index contributed by atoms with van der Waals surface area (Å²) in [7, 11) is 0. The van der Waals surface area contributed by atoms with Crippen LogP contribution in [0.2, 0.25) is 0 Å². The van der Waals surface area contributed by atoms with Gasteiger partial charge in [-0.25, -0.2) is 4.39 Å². The summed E-state index contributed by atoms with van der Waals surface area (Å²) in [6, 6.07) is 18.1. The van der Waals surface area contributed by atoms with E-state index in [-0.39, 0.29) is 47.6 Å². The lowest BCUT2D eigenvalue weighted by Gasteiger charge is -2.63. The molecule has 1 saturated carbocycles. The van der Waals surface area contributed by atoms with E-state index >= 15 is 4.39 Å². The highest BCUT2D eigenvalue weighted by Gasteiger charge is 2.64. The van der Waals surface area contributed by atoms with E-state index in [1.54, 1.807) is 42.6 Å². The van der Waals surface area contributed by atoms with Crippen molar-refractivity contribution in [2.24, 2.45) is 10.8 Å². The fourth-order valence-electron chi connectivity index (χ4n) is 10.8. The Balaban J connectivity index is 0.735. The molecule has 1 aromatic heterocycles. The van der Waals surface area contributed by atoms with Crippen molar-refractivity contribution < 1.29 is 33.1 Å². The molecular formula is C48H52FN9O6. The van der Waals surface area contributed by atoms with Crippen LogP contribution in [0.4, 0.5) is 15.8 Å². The van der Waals surface area contributed by atoms with Gasteiger partial charge in [0.15, 0.2) is 0 Å². The first kappa shape index (κ1) is 42.8. The largest absolute Gasteiger partial charge is 0.488 e. The predicted octanol–water partition coefficient (Wildman–Crippen LogP) is 4.20. The number of nitriles is 1. The zero-order valence-corrected chi connectivity index (χ0v) is 36.5.